The molecule has 5 nitrogen and oxygen atoms in total. The lowest BCUT2D eigenvalue weighted by molar-refractivity contribution is 0.411. The number of thiazole rings is 1. The molecule has 0 unspecified atom stereocenters. The molecule has 2 N–H and O–H groups in total. The summed E-state index contributed by atoms with van der Waals surface area (Å²) >= 11 is 7.64. The van der Waals surface area contributed by atoms with Crippen LogP contribution in [0.4, 0.5) is 5.69 Å². The van der Waals surface area contributed by atoms with Gasteiger partial charge in [-0.1, -0.05) is 11.6 Å². The second-order valence-corrected chi connectivity index (χ2v) is 6.85. The topological polar surface area (TPSA) is 69.4 Å². The normalized spacial score (nSPS) is 14.8. The summed E-state index contributed by atoms with van der Waals surface area (Å²) in [6.07, 6.45) is 0. The highest BCUT2D eigenvalue weighted by molar-refractivity contribution is 7.13. The van der Waals surface area contributed by atoms with Gasteiger partial charge >= 0.3 is 0 Å². The van der Waals surface area contributed by atoms with E-state index in [1.54, 1.807) is 24.1 Å². The van der Waals surface area contributed by atoms with E-state index >= 15 is 0 Å². The molecule has 2 heterocycles. The molecule has 0 bridgehead atoms. The van der Waals surface area contributed by atoms with Gasteiger partial charge in [-0.3, -0.25) is 5.41 Å². The molecule has 1 aliphatic rings. The Labute approximate surface area is 143 Å². The summed E-state index contributed by atoms with van der Waals surface area (Å²) < 4.78 is 5.14. The monoisotopic (exact) mass is 349 g/mol. The second kappa shape index (κ2) is 5.86. The van der Waals surface area contributed by atoms with Crippen molar-refractivity contribution in [3.8, 4) is 5.75 Å². The molecule has 23 heavy (non-hydrogen) atoms. The van der Waals surface area contributed by atoms with Gasteiger partial charge in [-0.2, -0.15) is 0 Å². The Balaban J connectivity index is 1.95. The molecule has 1 aliphatic heterocycles. The van der Waals surface area contributed by atoms with Gasteiger partial charge in [0, 0.05) is 10.6 Å². The molecule has 1 aromatic heterocycles. The lowest BCUT2D eigenvalue weighted by Crippen LogP contribution is -2.26. The van der Waals surface area contributed by atoms with Gasteiger partial charge in [-0.05, 0) is 32.0 Å². The molecule has 2 aromatic rings. The second-order valence-electron chi connectivity index (χ2n) is 5.24. The van der Waals surface area contributed by atoms with Gasteiger partial charge in [0.05, 0.1) is 29.9 Å². The number of hydrogen-bond acceptors (Lipinski definition) is 5. The largest absolute Gasteiger partial charge is 0.510 e. The van der Waals surface area contributed by atoms with E-state index in [0.29, 0.717) is 21.4 Å². The van der Waals surface area contributed by atoms with Gasteiger partial charge in [0.2, 0.25) is 0 Å². The molecule has 7 heteroatoms. The number of nitrogens with zero attached hydrogens (tertiary/aromatic N) is 2. The van der Waals surface area contributed by atoms with E-state index in [4.69, 9.17) is 21.7 Å². The summed E-state index contributed by atoms with van der Waals surface area (Å²) in [7, 11) is 1.55. The molecule has 0 atom stereocenters. The summed E-state index contributed by atoms with van der Waals surface area (Å²) in [6, 6.07) is 5.29. The molecular weight excluding hydrogens is 334 g/mol. The molecule has 3 rings (SSSR count). The number of halogens is 1. The summed E-state index contributed by atoms with van der Waals surface area (Å²) in [5.74, 6) is 0.942. The Hall–Kier alpha value is -2.05. The van der Waals surface area contributed by atoms with Gasteiger partial charge < -0.3 is 14.7 Å². The minimum atomic E-state index is 0.149. The number of aliphatic hydroxyl groups excluding tert-OH is 1. The van der Waals surface area contributed by atoms with Crippen molar-refractivity contribution in [3.63, 3.8) is 0 Å². The minimum absolute atomic E-state index is 0.149. The quantitative estimate of drug-likeness (QED) is 0.871. The van der Waals surface area contributed by atoms with Crippen molar-refractivity contribution in [2.75, 3.05) is 18.6 Å². The first-order chi connectivity index (χ1) is 10.9. The van der Waals surface area contributed by atoms with E-state index in [2.05, 4.69) is 4.98 Å². The Kier molecular flexibility index (Phi) is 4.04. The van der Waals surface area contributed by atoms with Crippen LogP contribution >= 0.6 is 22.9 Å². The molecule has 0 fully saturated rings. The maximum absolute atomic E-state index is 10.3. The lowest BCUT2D eigenvalue weighted by atomic mass is 10.2. The van der Waals surface area contributed by atoms with Crippen molar-refractivity contribution in [2.24, 2.45) is 0 Å². The third-order valence-corrected chi connectivity index (χ3v) is 5.18. The van der Waals surface area contributed by atoms with Crippen molar-refractivity contribution >= 4 is 40.0 Å². The fourth-order valence-electron chi connectivity index (χ4n) is 2.43. The highest BCUT2D eigenvalue weighted by Gasteiger charge is 2.31. The van der Waals surface area contributed by atoms with Crippen molar-refractivity contribution in [1.29, 1.82) is 5.41 Å². The van der Waals surface area contributed by atoms with Crippen molar-refractivity contribution in [1.82, 2.24) is 4.98 Å². The summed E-state index contributed by atoms with van der Waals surface area (Å²) in [5, 5.41) is 19.9. The highest BCUT2D eigenvalue weighted by Crippen LogP contribution is 2.36. The molecule has 0 amide bonds. The standard InChI is InChI=1S/C16H16ClN3O2S/c1-8-9(2)23-16(19-8)14-12(21)7-20(15(14)18)10-4-5-13(22-3)11(17)6-10/h4-6,18,21H,7H2,1-3H3. The van der Waals surface area contributed by atoms with Crippen LogP contribution < -0.4 is 9.64 Å². The van der Waals surface area contributed by atoms with E-state index in [1.807, 2.05) is 19.9 Å². The number of ether oxygens (including phenoxy) is 1. The van der Waals surface area contributed by atoms with E-state index in [0.717, 1.165) is 16.3 Å². The van der Waals surface area contributed by atoms with E-state index in [-0.39, 0.29) is 18.1 Å². The highest BCUT2D eigenvalue weighted by atomic mass is 35.5. The Morgan fingerprint density at radius 1 is 1.39 bits per heavy atom. The minimum Gasteiger partial charge on any atom is -0.510 e. The van der Waals surface area contributed by atoms with Crippen LogP contribution in [-0.4, -0.2) is 29.6 Å². The van der Waals surface area contributed by atoms with Crippen LogP contribution in [0.2, 0.25) is 5.02 Å². The molecule has 0 saturated carbocycles. The van der Waals surface area contributed by atoms with Gasteiger partial charge in [-0.15, -0.1) is 11.3 Å². The average molecular weight is 350 g/mol. The van der Waals surface area contributed by atoms with Crippen LogP contribution in [0.5, 0.6) is 5.75 Å². The van der Waals surface area contributed by atoms with Crippen molar-refractivity contribution in [2.45, 2.75) is 13.8 Å². The average Bonchev–Trinajstić information content (AvgIpc) is 2.98. The zero-order valence-corrected chi connectivity index (χ0v) is 14.5. The third-order valence-electron chi connectivity index (χ3n) is 3.79. The fraction of sp³-hybridized carbons (Fsp3) is 0.250. The Morgan fingerprint density at radius 3 is 2.70 bits per heavy atom. The van der Waals surface area contributed by atoms with Crippen LogP contribution in [0, 0.1) is 19.3 Å². The van der Waals surface area contributed by atoms with Crippen LogP contribution in [0.15, 0.2) is 24.0 Å². The number of nitrogens with one attached hydrogen (secondary N) is 1. The summed E-state index contributed by atoms with van der Waals surface area (Å²) in [4.78, 5) is 7.23. The maximum Gasteiger partial charge on any atom is 0.139 e. The van der Waals surface area contributed by atoms with Crippen LogP contribution in [-0.2, 0) is 0 Å². The van der Waals surface area contributed by atoms with Gasteiger partial charge in [-0.25, -0.2) is 4.98 Å². The first-order valence-electron chi connectivity index (χ1n) is 6.99. The van der Waals surface area contributed by atoms with Crippen molar-refractivity contribution in [3.05, 3.63) is 44.6 Å². The zero-order chi connectivity index (χ0) is 16.7. The van der Waals surface area contributed by atoms with E-state index in [1.165, 1.54) is 11.3 Å². The predicted molar refractivity (Wildman–Crippen MR) is 94.2 cm³/mol. The molecule has 0 aliphatic carbocycles. The van der Waals surface area contributed by atoms with Gasteiger partial charge in [0.25, 0.3) is 0 Å². The number of aryl methyl sites for hydroxylation is 2. The molecule has 0 spiro atoms. The number of aliphatic hydroxyl groups is 1. The SMILES string of the molecule is COc1ccc(N2CC(O)=C(c3nc(C)c(C)s3)C2=N)cc1Cl. The number of benzene rings is 1. The lowest BCUT2D eigenvalue weighted by Gasteiger charge is -2.19. The Morgan fingerprint density at radius 2 is 2.13 bits per heavy atom. The van der Waals surface area contributed by atoms with Crippen LogP contribution in [0.3, 0.4) is 0 Å². The van der Waals surface area contributed by atoms with Crippen molar-refractivity contribution < 1.29 is 9.84 Å². The number of aromatic nitrogens is 1. The number of anilines is 1. The summed E-state index contributed by atoms with van der Waals surface area (Å²) in [6.45, 7) is 4.13. The van der Waals surface area contributed by atoms with Gasteiger partial charge in [0.15, 0.2) is 0 Å². The first-order valence-corrected chi connectivity index (χ1v) is 8.18. The summed E-state index contributed by atoms with van der Waals surface area (Å²) in [5.41, 5.74) is 2.13. The fourth-order valence-corrected chi connectivity index (χ4v) is 3.66. The van der Waals surface area contributed by atoms with E-state index < -0.39 is 0 Å². The molecule has 120 valence electrons. The predicted octanol–water partition coefficient (Wildman–Crippen LogP) is 4.19. The zero-order valence-electron chi connectivity index (χ0n) is 13.0. The number of methoxy groups -OCH3 is 1. The smallest absolute Gasteiger partial charge is 0.139 e. The molecule has 1 aromatic carbocycles. The maximum atomic E-state index is 10.3. The van der Waals surface area contributed by atoms with E-state index in [9.17, 15) is 5.11 Å². The number of amidine groups is 1. The Bertz CT molecular complexity index is 809. The van der Waals surface area contributed by atoms with Gasteiger partial charge in [0.1, 0.15) is 22.4 Å². The van der Waals surface area contributed by atoms with Crippen LogP contribution in [0.1, 0.15) is 15.6 Å². The number of hydrogen-bond donors (Lipinski definition) is 2. The third kappa shape index (κ3) is 2.68. The molecule has 0 radical (unpaired) electrons. The molecule has 0 saturated heterocycles. The van der Waals surface area contributed by atoms with Crippen LogP contribution in [0.25, 0.3) is 5.57 Å². The number of rotatable bonds is 3. The first kappa shape index (κ1) is 15.8. The molecular formula is C16H16ClN3O2S.